The van der Waals surface area contributed by atoms with Gasteiger partial charge in [0.05, 0.1) is 5.02 Å². The molecule has 0 spiro atoms. The molecule has 0 amide bonds. The maximum absolute atomic E-state index is 5.83. The van der Waals surface area contributed by atoms with E-state index in [9.17, 15) is 0 Å². The van der Waals surface area contributed by atoms with Gasteiger partial charge >= 0.3 is 0 Å². The first-order valence-electron chi connectivity index (χ1n) is 3.63. The standard InChI is InChI=1S/C8H4Cl6O/c9-4-1-2-6(5(10)3-4)15-7(11)8(12,13)14/h1-3,7H. The number of ether oxygens (including phenoxy) is 1. The fourth-order valence-electron chi connectivity index (χ4n) is 0.749. The molecule has 1 atom stereocenters. The molecule has 1 rings (SSSR count). The van der Waals surface area contributed by atoms with Crippen molar-refractivity contribution in [1.82, 2.24) is 0 Å². The molecule has 0 fully saturated rings. The fourth-order valence-corrected chi connectivity index (χ4v) is 1.43. The van der Waals surface area contributed by atoms with Crippen LogP contribution in [0, 0.1) is 0 Å². The van der Waals surface area contributed by atoms with Crippen molar-refractivity contribution in [3.05, 3.63) is 28.2 Å². The molecule has 1 nitrogen and oxygen atoms in total. The summed E-state index contributed by atoms with van der Waals surface area (Å²) >= 11 is 33.8. The van der Waals surface area contributed by atoms with Crippen LogP contribution in [0.4, 0.5) is 0 Å². The van der Waals surface area contributed by atoms with Crippen LogP contribution < -0.4 is 4.74 Å². The van der Waals surface area contributed by atoms with Gasteiger partial charge in [-0.2, -0.15) is 0 Å². The maximum atomic E-state index is 5.83. The molecular formula is C8H4Cl6O. The predicted molar refractivity (Wildman–Crippen MR) is 67.0 cm³/mol. The van der Waals surface area contributed by atoms with E-state index in [4.69, 9.17) is 74.3 Å². The number of benzene rings is 1. The first kappa shape index (κ1) is 13.8. The monoisotopic (exact) mass is 326 g/mol. The van der Waals surface area contributed by atoms with E-state index in [1.165, 1.54) is 12.1 Å². The zero-order chi connectivity index (χ0) is 11.6. The summed E-state index contributed by atoms with van der Waals surface area (Å²) in [6.07, 6.45) is 0. The van der Waals surface area contributed by atoms with Crippen molar-refractivity contribution in [2.45, 2.75) is 9.36 Å². The van der Waals surface area contributed by atoms with Crippen molar-refractivity contribution < 1.29 is 4.74 Å². The lowest BCUT2D eigenvalue weighted by Gasteiger charge is -2.20. The molecule has 1 aromatic rings. The van der Waals surface area contributed by atoms with Crippen LogP contribution in [0.15, 0.2) is 18.2 Å². The van der Waals surface area contributed by atoms with Gasteiger partial charge in [-0.15, -0.1) is 0 Å². The Bertz CT molecular complexity index is 347. The minimum Gasteiger partial charge on any atom is -0.469 e. The number of alkyl halides is 4. The van der Waals surface area contributed by atoms with E-state index in [2.05, 4.69) is 0 Å². The Morgan fingerprint density at radius 3 is 2.20 bits per heavy atom. The van der Waals surface area contributed by atoms with Gasteiger partial charge in [0, 0.05) is 5.02 Å². The smallest absolute Gasteiger partial charge is 0.241 e. The van der Waals surface area contributed by atoms with Gasteiger partial charge in [-0.1, -0.05) is 69.6 Å². The summed E-state index contributed by atoms with van der Waals surface area (Å²) in [5, 5.41) is 0.773. The number of hydrogen-bond donors (Lipinski definition) is 0. The first-order chi connectivity index (χ1) is 6.80. The zero-order valence-corrected chi connectivity index (χ0v) is 11.5. The molecule has 0 N–H and O–H groups in total. The van der Waals surface area contributed by atoms with Crippen molar-refractivity contribution >= 4 is 69.6 Å². The molecule has 0 radical (unpaired) electrons. The second-order valence-corrected chi connectivity index (χ2v) is 6.16. The highest BCUT2D eigenvalue weighted by Gasteiger charge is 2.33. The lowest BCUT2D eigenvalue weighted by molar-refractivity contribution is 0.286. The zero-order valence-electron chi connectivity index (χ0n) is 6.99. The van der Waals surface area contributed by atoms with Gasteiger partial charge in [0.15, 0.2) is 0 Å². The summed E-state index contributed by atoms with van der Waals surface area (Å²) in [5.74, 6) is 0.299. The molecule has 0 heterocycles. The fraction of sp³-hybridized carbons (Fsp3) is 0.250. The van der Waals surface area contributed by atoms with Crippen LogP contribution in [0.5, 0.6) is 5.75 Å². The lowest BCUT2D eigenvalue weighted by Crippen LogP contribution is -2.25. The summed E-state index contributed by atoms with van der Waals surface area (Å²) in [7, 11) is 0. The van der Waals surface area contributed by atoms with Crippen molar-refractivity contribution in [1.29, 1.82) is 0 Å². The third kappa shape index (κ3) is 4.26. The Morgan fingerprint density at radius 1 is 1.13 bits per heavy atom. The van der Waals surface area contributed by atoms with E-state index in [0.717, 1.165) is 0 Å². The highest BCUT2D eigenvalue weighted by molar-refractivity contribution is 6.70. The minimum absolute atomic E-state index is 0.294. The minimum atomic E-state index is -1.73. The predicted octanol–water partition coefficient (Wildman–Crippen LogP) is 5.31. The van der Waals surface area contributed by atoms with Crippen molar-refractivity contribution in [2.75, 3.05) is 0 Å². The number of halogens is 6. The Balaban J connectivity index is 2.82. The summed E-state index contributed by atoms with van der Waals surface area (Å²) in [6, 6.07) is 4.63. The highest BCUT2D eigenvalue weighted by Crippen LogP contribution is 2.37. The Kier molecular flexibility index (Phi) is 4.97. The molecule has 0 saturated carbocycles. The summed E-state index contributed by atoms with van der Waals surface area (Å²) < 4.78 is 3.41. The second kappa shape index (κ2) is 5.39. The first-order valence-corrected chi connectivity index (χ1v) is 5.96. The third-order valence-electron chi connectivity index (χ3n) is 1.38. The number of hydrogen-bond acceptors (Lipinski definition) is 1. The third-order valence-corrected chi connectivity index (χ3v) is 3.26. The van der Waals surface area contributed by atoms with E-state index in [1.54, 1.807) is 6.07 Å². The van der Waals surface area contributed by atoms with Crippen LogP contribution in [-0.4, -0.2) is 9.36 Å². The van der Waals surface area contributed by atoms with Gasteiger partial charge in [-0.25, -0.2) is 0 Å². The van der Waals surface area contributed by atoms with Crippen LogP contribution in [0.2, 0.25) is 10.0 Å². The van der Waals surface area contributed by atoms with Gasteiger partial charge in [0.2, 0.25) is 9.36 Å². The highest BCUT2D eigenvalue weighted by atomic mass is 35.6. The van der Waals surface area contributed by atoms with E-state index < -0.39 is 9.36 Å². The normalized spacial score (nSPS) is 13.7. The maximum Gasteiger partial charge on any atom is 0.241 e. The van der Waals surface area contributed by atoms with Gasteiger partial charge in [-0.3, -0.25) is 0 Å². The van der Waals surface area contributed by atoms with Gasteiger partial charge < -0.3 is 4.74 Å². The average molecular weight is 329 g/mol. The topological polar surface area (TPSA) is 9.23 Å². The van der Waals surface area contributed by atoms with Crippen LogP contribution in [0.3, 0.4) is 0 Å². The molecule has 0 saturated heterocycles. The van der Waals surface area contributed by atoms with Gasteiger partial charge in [-0.05, 0) is 18.2 Å². The summed E-state index contributed by atoms with van der Waals surface area (Å²) in [4.78, 5) is 0. The molecular weight excluding hydrogens is 325 g/mol. The summed E-state index contributed by atoms with van der Waals surface area (Å²) in [6.45, 7) is 0. The van der Waals surface area contributed by atoms with Crippen LogP contribution in [-0.2, 0) is 0 Å². The van der Waals surface area contributed by atoms with E-state index in [-0.39, 0.29) is 0 Å². The van der Waals surface area contributed by atoms with Gasteiger partial charge in [0.25, 0.3) is 0 Å². The molecule has 0 aliphatic rings. The lowest BCUT2D eigenvalue weighted by atomic mass is 10.3. The van der Waals surface area contributed by atoms with Crippen LogP contribution in [0.25, 0.3) is 0 Å². The van der Waals surface area contributed by atoms with Crippen molar-refractivity contribution in [3.63, 3.8) is 0 Å². The quantitative estimate of drug-likeness (QED) is 0.669. The molecule has 7 heteroatoms. The van der Waals surface area contributed by atoms with Crippen LogP contribution >= 0.6 is 69.6 Å². The molecule has 0 aliphatic heterocycles. The SMILES string of the molecule is Clc1ccc(OC(Cl)C(Cl)(Cl)Cl)c(Cl)c1. The Morgan fingerprint density at radius 2 is 1.73 bits per heavy atom. The summed E-state index contributed by atoms with van der Waals surface area (Å²) in [5.41, 5.74) is -1.14. The average Bonchev–Trinajstić information content (AvgIpc) is 2.08. The van der Waals surface area contributed by atoms with Crippen LogP contribution in [0.1, 0.15) is 0 Å². The van der Waals surface area contributed by atoms with Crippen molar-refractivity contribution in [2.24, 2.45) is 0 Å². The molecule has 0 bridgehead atoms. The van der Waals surface area contributed by atoms with E-state index in [1.807, 2.05) is 0 Å². The van der Waals surface area contributed by atoms with Crippen molar-refractivity contribution in [3.8, 4) is 5.75 Å². The molecule has 84 valence electrons. The molecule has 1 aromatic carbocycles. The van der Waals surface area contributed by atoms with E-state index in [0.29, 0.717) is 15.8 Å². The molecule has 1 unspecified atom stereocenters. The molecule has 0 aliphatic carbocycles. The molecule has 0 aromatic heterocycles. The number of rotatable bonds is 2. The Hall–Kier alpha value is 0.760. The second-order valence-electron chi connectivity index (χ2n) is 2.55. The van der Waals surface area contributed by atoms with Gasteiger partial charge in [0.1, 0.15) is 5.75 Å². The Labute approximate surface area is 117 Å². The molecule has 15 heavy (non-hydrogen) atoms. The van der Waals surface area contributed by atoms with E-state index >= 15 is 0 Å². The largest absolute Gasteiger partial charge is 0.469 e.